The highest BCUT2D eigenvalue weighted by Gasteiger charge is 2.33. The zero-order valence-corrected chi connectivity index (χ0v) is 21.1. The molecule has 3 aromatic rings. The number of aromatic nitrogens is 1. The highest BCUT2D eigenvalue weighted by Crippen LogP contribution is 2.17. The van der Waals surface area contributed by atoms with Crippen molar-refractivity contribution in [3.8, 4) is 0 Å². The maximum absolute atomic E-state index is 13.3. The maximum Gasteiger partial charge on any atom is 0.253 e. The van der Waals surface area contributed by atoms with Crippen molar-refractivity contribution < 1.29 is 19.5 Å². The van der Waals surface area contributed by atoms with E-state index < -0.39 is 35.9 Å². The van der Waals surface area contributed by atoms with Gasteiger partial charge in [-0.25, -0.2) is 0 Å². The van der Waals surface area contributed by atoms with Gasteiger partial charge < -0.3 is 37.8 Å². The second-order valence-corrected chi connectivity index (χ2v) is 8.86. The van der Waals surface area contributed by atoms with E-state index in [-0.39, 0.29) is 32.6 Å². The Morgan fingerprint density at radius 1 is 0.947 bits per heavy atom. The third kappa shape index (κ3) is 7.80. The van der Waals surface area contributed by atoms with Gasteiger partial charge in [-0.15, -0.1) is 0 Å². The lowest BCUT2D eigenvalue weighted by molar-refractivity contribution is -0.144. The molecule has 11 nitrogen and oxygen atoms in total. The summed E-state index contributed by atoms with van der Waals surface area (Å²) in [6, 6.07) is 16.2. The SMILES string of the molecule is NCCN(CCN)C(=O)[C@H](O)[C@H](N)C(=O)N[C@@H](CCc1ccccc1)C(=O)Nc1cnc2ccccc2c1. The molecule has 1 aromatic heterocycles. The smallest absolute Gasteiger partial charge is 0.253 e. The molecular weight excluding hydrogens is 486 g/mol. The van der Waals surface area contributed by atoms with Gasteiger partial charge in [0.1, 0.15) is 12.1 Å². The van der Waals surface area contributed by atoms with Crippen LogP contribution in [0.2, 0.25) is 0 Å². The number of benzene rings is 2. The highest BCUT2D eigenvalue weighted by molar-refractivity contribution is 6.00. The largest absolute Gasteiger partial charge is 0.381 e. The maximum atomic E-state index is 13.3. The number of nitrogens with one attached hydrogen (secondary N) is 2. The summed E-state index contributed by atoms with van der Waals surface area (Å²) in [5, 5.41) is 16.8. The second kappa shape index (κ2) is 14.1. The van der Waals surface area contributed by atoms with Crippen LogP contribution in [0, 0.1) is 0 Å². The first-order valence-electron chi connectivity index (χ1n) is 12.5. The number of nitrogens with zero attached hydrogens (tertiary/aromatic N) is 2. The van der Waals surface area contributed by atoms with Gasteiger partial charge in [-0.3, -0.25) is 19.4 Å². The first-order chi connectivity index (χ1) is 18.3. The number of para-hydroxylation sites is 1. The monoisotopic (exact) mass is 521 g/mol. The molecule has 0 aliphatic rings. The van der Waals surface area contributed by atoms with Crippen LogP contribution in [0.15, 0.2) is 66.9 Å². The fourth-order valence-electron chi connectivity index (χ4n) is 3.99. The molecule has 9 N–H and O–H groups in total. The molecule has 11 heteroatoms. The molecule has 0 spiro atoms. The Kier molecular flexibility index (Phi) is 10.7. The van der Waals surface area contributed by atoms with Crippen molar-refractivity contribution in [2.45, 2.75) is 31.0 Å². The third-order valence-corrected chi connectivity index (χ3v) is 6.06. The Balaban J connectivity index is 1.73. The van der Waals surface area contributed by atoms with Crippen molar-refractivity contribution in [3.63, 3.8) is 0 Å². The van der Waals surface area contributed by atoms with Crippen molar-refractivity contribution in [3.05, 3.63) is 72.4 Å². The predicted molar refractivity (Wildman–Crippen MR) is 146 cm³/mol. The van der Waals surface area contributed by atoms with Crippen LogP contribution in [0.25, 0.3) is 10.9 Å². The molecule has 0 fully saturated rings. The number of hydrogen-bond acceptors (Lipinski definition) is 8. The summed E-state index contributed by atoms with van der Waals surface area (Å²) in [4.78, 5) is 44.5. The van der Waals surface area contributed by atoms with Gasteiger partial charge in [0, 0.05) is 31.6 Å². The van der Waals surface area contributed by atoms with Gasteiger partial charge in [0.25, 0.3) is 5.91 Å². The van der Waals surface area contributed by atoms with E-state index in [4.69, 9.17) is 17.2 Å². The Labute approximate surface area is 221 Å². The number of carbonyl (C=O) groups excluding carboxylic acids is 3. The van der Waals surface area contributed by atoms with Gasteiger partial charge in [-0.1, -0.05) is 48.5 Å². The Morgan fingerprint density at radius 2 is 1.61 bits per heavy atom. The van der Waals surface area contributed by atoms with E-state index in [1.807, 2.05) is 54.6 Å². The molecule has 2 aromatic carbocycles. The van der Waals surface area contributed by atoms with Crippen LogP contribution in [-0.2, 0) is 20.8 Å². The van der Waals surface area contributed by atoms with Crippen LogP contribution in [-0.4, -0.2) is 77.1 Å². The lowest BCUT2D eigenvalue weighted by atomic mass is 10.0. The number of hydrogen-bond donors (Lipinski definition) is 6. The molecule has 3 rings (SSSR count). The van der Waals surface area contributed by atoms with Crippen molar-refractivity contribution in [1.82, 2.24) is 15.2 Å². The van der Waals surface area contributed by atoms with E-state index in [2.05, 4.69) is 15.6 Å². The van der Waals surface area contributed by atoms with E-state index in [1.165, 1.54) is 11.1 Å². The molecule has 0 bridgehead atoms. The van der Waals surface area contributed by atoms with Gasteiger partial charge in [0.15, 0.2) is 6.10 Å². The lowest BCUT2D eigenvalue weighted by Crippen LogP contribution is -2.58. The van der Waals surface area contributed by atoms with Crippen LogP contribution in [0.4, 0.5) is 5.69 Å². The summed E-state index contributed by atoms with van der Waals surface area (Å²) in [5.74, 6) is -2.07. The summed E-state index contributed by atoms with van der Waals surface area (Å²) in [6.45, 7) is 0.628. The van der Waals surface area contributed by atoms with Gasteiger partial charge in [0.05, 0.1) is 17.4 Å². The zero-order valence-electron chi connectivity index (χ0n) is 21.1. The number of aliphatic hydroxyl groups excluding tert-OH is 1. The molecular formula is C27H35N7O4. The number of aliphatic hydroxyl groups is 1. The first kappa shape index (κ1) is 28.7. The summed E-state index contributed by atoms with van der Waals surface area (Å²) in [7, 11) is 0. The number of fused-ring (bicyclic) bond motifs is 1. The molecule has 3 atom stereocenters. The normalized spacial score (nSPS) is 13.4. The van der Waals surface area contributed by atoms with Gasteiger partial charge in [0.2, 0.25) is 11.8 Å². The number of carbonyl (C=O) groups is 3. The predicted octanol–water partition coefficient (Wildman–Crippen LogP) is -0.275. The molecule has 0 aliphatic heterocycles. The summed E-state index contributed by atoms with van der Waals surface area (Å²) in [5.41, 5.74) is 19.2. The Bertz CT molecular complexity index is 1220. The third-order valence-electron chi connectivity index (χ3n) is 6.06. The summed E-state index contributed by atoms with van der Waals surface area (Å²) in [6.07, 6.45) is 0.461. The molecule has 38 heavy (non-hydrogen) atoms. The van der Waals surface area contributed by atoms with E-state index in [0.717, 1.165) is 16.5 Å². The first-order valence-corrected chi connectivity index (χ1v) is 12.5. The summed E-state index contributed by atoms with van der Waals surface area (Å²) < 4.78 is 0. The fraction of sp³-hybridized carbons (Fsp3) is 0.333. The van der Waals surface area contributed by atoms with E-state index in [9.17, 15) is 19.5 Å². The molecule has 0 radical (unpaired) electrons. The average Bonchev–Trinajstić information content (AvgIpc) is 2.94. The second-order valence-electron chi connectivity index (χ2n) is 8.86. The van der Waals surface area contributed by atoms with Crippen molar-refractivity contribution in [2.24, 2.45) is 17.2 Å². The number of aryl methyl sites for hydroxylation is 1. The Morgan fingerprint density at radius 3 is 2.29 bits per heavy atom. The van der Waals surface area contributed by atoms with E-state index in [0.29, 0.717) is 12.1 Å². The topological polar surface area (TPSA) is 190 Å². The molecule has 0 aliphatic carbocycles. The Hall–Kier alpha value is -3.90. The average molecular weight is 522 g/mol. The van der Waals surface area contributed by atoms with Crippen LogP contribution in [0.3, 0.4) is 0 Å². The molecule has 0 saturated carbocycles. The standard InChI is InChI=1S/C27H35N7O4/c28-12-14-34(15-13-29)27(38)24(35)23(30)26(37)33-22(11-10-18-6-2-1-3-7-18)25(36)32-20-16-19-8-4-5-9-21(19)31-17-20/h1-9,16-17,22-24,35H,10-15,28-30H2,(H,32,36)(H,33,37)/t22-,23-,24+/m0/s1. The zero-order chi connectivity index (χ0) is 27.5. The number of rotatable bonds is 13. The molecule has 3 amide bonds. The molecule has 202 valence electrons. The van der Waals surface area contributed by atoms with E-state index >= 15 is 0 Å². The summed E-state index contributed by atoms with van der Waals surface area (Å²) >= 11 is 0. The van der Waals surface area contributed by atoms with E-state index in [1.54, 1.807) is 6.07 Å². The molecule has 1 heterocycles. The molecule has 0 saturated heterocycles. The van der Waals surface area contributed by atoms with Crippen LogP contribution >= 0.6 is 0 Å². The number of nitrogens with two attached hydrogens (primary N) is 3. The van der Waals surface area contributed by atoms with Crippen molar-refractivity contribution in [1.29, 1.82) is 0 Å². The van der Waals surface area contributed by atoms with Crippen molar-refractivity contribution in [2.75, 3.05) is 31.5 Å². The van der Waals surface area contributed by atoms with Crippen LogP contribution in [0.1, 0.15) is 12.0 Å². The number of anilines is 1. The fourth-order valence-corrected chi connectivity index (χ4v) is 3.99. The van der Waals surface area contributed by atoms with Crippen LogP contribution in [0.5, 0.6) is 0 Å². The van der Waals surface area contributed by atoms with Crippen molar-refractivity contribution >= 4 is 34.3 Å². The molecule has 0 unspecified atom stereocenters. The van der Waals surface area contributed by atoms with Gasteiger partial charge in [-0.05, 0) is 30.5 Å². The minimum atomic E-state index is -1.82. The van der Waals surface area contributed by atoms with Crippen LogP contribution < -0.4 is 27.8 Å². The minimum Gasteiger partial charge on any atom is -0.381 e. The van der Waals surface area contributed by atoms with Gasteiger partial charge >= 0.3 is 0 Å². The number of pyridine rings is 1. The number of amides is 3. The minimum absolute atomic E-state index is 0.156. The highest BCUT2D eigenvalue weighted by atomic mass is 16.3. The van der Waals surface area contributed by atoms with Gasteiger partial charge in [-0.2, -0.15) is 0 Å². The lowest BCUT2D eigenvalue weighted by Gasteiger charge is -2.27. The quantitative estimate of drug-likeness (QED) is 0.177.